The van der Waals surface area contributed by atoms with E-state index in [1.54, 1.807) is 7.11 Å². The van der Waals surface area contributed by atoms with E-state index in [9.17, 15) is 9.59 Å². The van der Waals surface area contributed by atoms with Crippen LogP contribution in [0, 0.1) is 0 Å². The Morgan fingerprint density at radius 3 is 2.10 bits per heavy atom. The van der Waals surface area contributed by atoms with Gasteiger partial charge in [-0.05, 0) is 60.2 Å². The standard InChI is InChI=1S/C23H23N3O3/c1-16(27)24-20-4-3-5-21(15-20)25-18-8-10-19(11-9-18)26-23(28)14-17-6-12-22(29-2)13-7-17/h3-13,15,25H,14H2,1-2H3,(H,24,27)(H,26,28). The van der Waals surface area contributed by atoms with E-state index in [0.29, 0.717) is 6.42 Å². The van der Waals surface area contributed by atoms with Gasteiger partial charge < -0.3 is 20.7 Å². The van der Waals surface area contributed by atoms with Crippen LogP contribution in [0.2, 0.25) is 0 Å². The van der Waals surface area contributed by atoms with E-state index in [1.165, 1.54) is 6.92 Å². The number of amides is 2. The van der Waals surface area contributed by atoms with Crippen LogP contribution in [0.15, 0.2) is 72.8 Å². The van der Waals surface area contributed by atoms with Gasteiger partial charge in [0.1, 0.15) is 5.75 Å². The summed E-state index contributed by atoms with van der Waals surface area (Å²) in [5.74, 6) is 0.565. The minimum Gasteiger partial charge on any atom is -0.497 e. The number of methoxy groups -OCH3 is 1. The molecule has 0 saturated carbocycles. The molecule has 3 aromatic carbocycles. The summed E-state index contributed by atoms with van der Waals surface area (Å²) < 4.78 is 5.12. The highest BCUT2D eigenvalue weighted by Crippen LogP contribution is 2.22. The van der Waals surface area contributed by atoms with E-state index >= 15 is 0 Å². The Labute approximate surface area is 169 Å². The summed E-state index contributed by atoms with van der Waals surface area (Å²) in [5, 5.41) is 8.92. The second-order valence-corrected chi connectivity index (χ2v) is 6.54. The molecule has 0 atom stereocenters. The first kappa shape index (κ1) is 19.9. The number of ether oxygens (including phenoxy) is 1. The molecule has 0 spiro atoms. The molecule has 0 unspecified atom stereocenters. The Hall–Kier alpha value is -3.80. The van der Waals surface area contributed by atoms with Crippen molar-refractivity contribution in [1.29, 1.82) is 0 Å². The minimum atomic E-state index is -0.114. The van der Waals surface area contributed by atoms with Crippen LogP contribution >= 0.6 is 0 Å². The van der Waals surface area contributed by atoms with Crippen molar-refractivity contribution in [2.45, 2.75) is 13.3 Å². The first-order valence-corrected chi connectivity index (χ1v) is 9.19. The summed E-state index contributed by atoms with van der Waals surface area (Å²) in [6.07, 6.45) is 0.292. The van der Waals surface area contributed by atoms with Gasteiger partial charge in [-0.15, -0.1) is 0 Å². The summed E-state index contributed by atoms with van der Waals surface area (Å²) in [6, 6.07) is 22.3. The minimum absolute atomic E-state index is 0.0844. The quantitative estimate of drug-likeness (QED) is 0.553. The Kier molecular flexibility index (Phi) is 6.47. The van der Waals surface area contributed by atoms with Gasteiger partial charge in [-0.25, -0.2) is 0 Å². The first-order chi connectivity index (χ1) is 14.0. The molecule has 148 valence electrons. The largest absolute Gasteiger partial charge is 0.497 e. The zero-order chi connectivity index (χ0) is 20.6. The molecule has 0 heterocycles. The summed E-state index contributed by atoms with van der Waals surface area (Å²) in [6.45, 7) is 1.47. The van der Waals surface area contributed by atoms with Gasteiger partial charge in [0.25, 0.3) is 0 Å². The molecule has 3 rings (SSSR count). The van der Waals surface area contributed by atoms with Crippen molar-refractivity contribution < 1.29 is 14.3 Å². The lowest BCUT2D eigenvalue weighted by Gasteiger charge is -2.10. The fourth-order valence-electron chi connectivity index (χ4n) is 2.82. The number of carbonyl (C=O) groups excluding carboxylic acids is 2. The van der Waals surface area contributed by atoms with Crippen LogP contribution in [0.5, 0.6) is 5.75 Å². The van der Waals surface area contributed by atoms with Crippen molar-refractivity contribution >= 4 is 34.6 Å². The number of hydrogen-bond donors (Lipinski definition) is 3. The van der Waals surface area contributed by atoms with Crippen molar-refractivity contribution in [3.63, 3.8) is 0 Å². The predicted molar refractivity (Wildman–Crippen MR) is 116 cm³/mol. The number of nitrogens with one attached hydrogen (secondary N) is 3. The molecule has 0 fully saturated rings. The van der Waals surface area contributed by atoms with Gasteiger partial charge in [0.2, 0.25) is 11.8 Å². The molecule has 29 heavy (non-hydrogen) atoms. The van der Waals surface area contributed by atoms with Crippen LogP contribution in [0.25, 0.3) is 0 Å². The van der Waals surface area contributed by atoms with E-state index in [4.69, 9.17) is 4.74 Å². The van der Waals surface area contributed by atoms with Gasteiger partial charge in [-0.3, -0.25) is 9.59 Å². The number of carbonyl (C=O) groups is 2. The van der Waals surface area contributed by atoms with Crippen LogP contribution in [0.1, 0.15) is 12.5 Å². The lowest BCUT2D eigenvalue weighted by molar-refractivity contribution is -0.116. The summed E-state index contributed by atoms with van der Waals surface area (Å²) >= 11 is 0. The highest BCUT2D eigenvalue weighted by atomic mass is 16.5. The highest BCUT2D eigenvalue weighted by molar-refractivity contribution is 5.92. The van der Waals surface area contributed by atoms with Gasteiger partial charge >= 0.3 is 0 Å². The number of hydrogen-bond acceptors (Lipinski definition) is 4. The summed E-state index contributed by atoms with van der Waals surface area (Å²) in [4.78, 5) is 23.4. The van der Waals surface area contributed by atoms with Crippen molar-refractivity contribution in [3.8, 4) is 5.75 Å². The zero-order valence-corrected chi connectivity index (χ0v) is 16.4. The van der Waals surface area contributed by atoms with E-state index in [-0.39, 0.29) is 11.8 Å². The maximum atomic E-state index is 12.2. The average molecular weight is 389 g/mol. The molecule has 0 aromatic heterocycles. The van der Waals surface area contributed by atoms with Crippen molar-refractivity contribution in [1.82, 2.24) is 0 Å². The van der Waals surface area contributed by atoms with Crippen molar-refractivity contribution in [2.24, 2.45) is 0 Å². The molecular formula is C23H23N3O3. The third-order valence-corrected chi connectivity index (χ3v) is 4.16. The normalized spacial score (nSPS) is 10.1. The van der Waals surface area contributed by atoms with E-state index < -0.39 is 0 Å². The molecule has 0 saturated heterocycles. The number of anilines is 4. The molecule has 0 bridgehead atoms. The van der Waals surface area contributed by atoms with Crippen LogP contribution in [-0.2, 0) is 16.0 Å². The van der Waals surface area contributed by atoms with Gasteiger partial charge in [0.05, 0.1) is 13.5 Å². The molecule has 3 N–H and O–H groups in total. The average Bonchev–Trinajstić information content (AvgIpc) is 2.70. The lowest BCUT2D eigenvalue weighted by atomic mass is 10.1. The Morgan fingerprint density at radius 2 is 1.45 bits per heavy atom. The predicted octanol–water partition coefficient (Wildman–Crippen LogP) is 4.58. The van der Waals surface area contributed by atoms with Crippen LogP contribution in [0.3, 0.4) is 0 Å². The maximum absolute atomic E-state index is 12.2. The van der Waals surface area contributed by atoms with Crippen molar-refractivity contribution in [2.75, 3.05) is 23.1 Å². The summed E-state index contributed by atoms with van der Waals surface area (Å²) in [7, 11) is 1.61. The molecule has 0 aliphatic heterocycles. The van der Waals surface area contributed by atoms with Gasteiger partial charge in [0, 0.05) is 29.7 Å². The monoisotopic (exact) mass is 389 g/mol. The lowest BCUT2D eigenvalue weighted by Crippen LogP contribution is -2.14. The molecular weight excluding hydrogens is 366 g/mol. The SMILES string of the molecule is COc1ccc(CC(=O)Nc2ccc(Nc3cccc(NC(C)=O)c3)cc2)cc1. The smallest absolute Gasteiger partial charge is 0.228 e. The Morgan fingerprint density at radius 1 is 0.793 bits per heavy atom. The van der Waals surface area contributed by atoms with Gasteiger partial charge in [-0.1, -0.05) is 18.2 Å². The maximum Gasteiger partial charge on any atom is 0.228 e. The third kappa shape index (κ3) is 6.10. The molecule has 3 aromatic rings. The zero-order valence-electron chi connectivity index (χ0n) is 16.4. The Balaban J connectivity index is 1.56. The molecule has 0 aliphatic rings. The van der Waals surface area contributed by atoms with Gasteiger partial charge in [-0.2, -0.15) is 0 Å². The Bertz CT molecular complexity index is 983. The van der Waals surface area contributed by atoms with E-state index in [2.05, 4.69) is 16.0 Å². The van der Waals surface area contributed by atoms with E-state index in [0.717, 1.165) is 34.1 Å². The number of benzene rings is 3. The molecule has 2 amide bonds. The fraction of sp³-hybridized carbons (Fsp3) is 0.130. The fourth-order valence-corrected chi connectivity index (χ4v) is 2.82. The highest BCUT2D eigenvalue weighted by Gasteiger charge is 2.05. The van der Waals surface area contributed by atoms with E-state index in [1.807, 2.05) is 72.8 Å². The summed E-state index contributed by atoms with van der Waals surface area (Å²) in [5.41, 5.74) is 4.09. The second-order valence-electron chi connectivity index (χ2n) is 6.54. The molecule has 0 radical (unpaired) electrons. The van der Waals surface area contributed by atoms with Crippen LogP contribution in [0.4, 0.5) is 22.7 Å². The van der Waals surface area contributed by atoms with Crippen LogP contribution in [-0.4, -0.2) is 18.9 Å². The second kappa shape index (κ2) is 9.41. The van der Waals surface area contributed by atoms with Crippen LogP contribution < -0.4 is 20.7 Å². The first-order valence-electron chi connectivity index (χ1n) is 9.19. The van der Waals surface area contributed by atoms with Gasteiger partial charge in [0.15, 0.2) is 0 Å². The topological polar surface area (TPSA) is 79.5 Å². The number of rotatable bonds is 7. The molecule has 0 aliphatic carbocycles. The third-order valence-electron chi connectivity index (χ3n) is 4.16. The molecule has 6 heteroatoms. The molecule has 6 nitrogen and oxygen atoms in total. The van der Waals surface area contributed by atoms with Crippen molar-refractivity contribution in [3.05, 3.63) is 78.4 Å².